The summed E-state index contributed by atoms with van der Waals surface area (Å²) in [6, 6.07) is 18.6. The fourth-order valence-corrected chi connectivity index (χ4v) is 5.60. The van der Waals surface area contributed by atoms with Crippen molar-refractivity contribution in [2.45, 2.75) is 39.2 Å². The smallest absolute Gasteiger partial charge is 0.254 e. The largest absolute Gasteiger partial charge is 0.403 e. The number of aromatic nitrogens is 3. The Hall–Kier alpha value is -4.56. The van der Waals surface area contributed by atoms with Gasteiger partial charge in [-0.15, -0.1) is 0 Å². The zero-order chi connectivity index (χ0) is 29.8. The summed E-state index contributed by atoms with van der Waals surface area (Å²) in [5.41, 5.74) is 12.5. The van der Waals surface area contributed by atoms with E-state index in [2.05, 4.69) is 28.3 Å². The molecular weight excluding hydrogens is 548 g/mol. The van der Waals surface area contributed by atoms with E-state index in [-0.39, 0.29) is 17.4 Å². The molecule has 2 aromatic heterocycles. The topological polar surface area (TPSA) is 115 Å². The lowest BCUT2D eigenvalue weighted by molar-refractivity contribution is -0.123. The van der Waals surface area contributed by atoms with Crippen LogP contribution in [0.5, 0.6) is 0 Å². The minimum Gasteiger partial charge on any atom is -0.403 e. The number of nitrogens with two attached hydrogens (primary N) is 1. The van der Waals surface area contributed by atoms with Crippen molar-refractivity contribution in [2.75, 3.05) is 7.05 Å². The van der Waals surface area contributed by atoms with Gasteiger partial charge in [0.1, 0.15) is 0 Å². The Morgan fingerprint density at radius 2 is 1.83 bits per heavy atom. The number of carbonyl (C=O) groups excluding carboxylic acids is 1. The minimum absolute atomic E-state index is 0.131. The Labute approximate surface area is 250 Å². The number of pyridine rings is 1. The van der Waals surface area contributed by atoms with E-state index in [1.807, 2.05) is 55.5 Å². The summed E-state index contributed by atoms with van der Waals surface area (Å²) in [4.78, 5) is 40.5. The molecule has 0 spiro atoms. The van der Waals surface area contributed by atoms with Gasteiger partial charge in [0.2, 0.25) is 5.91 Å². The number of fused-ring (bicyclic) bond motifs is 2. The van der Waals surface area contributed by atoms with E-state index in [1.165, 1.54) is 6.20 Å². The quantitative estimate of drug-likeness (QED) is 0.323. The van der Waals surface area contributed by atoms with Crippen molar-refractivity contribution in [2.24, 2.45) is 16.6 Å². The number of nitrogens with zero attached hydrogens (tertiary/aromatic N) is 4. The molecule has 1 aliphatic heterocycles. The molecular formula is C33H33ClN6O2. The molecule has 0 fully saturated rings. The van der Waals surface area contributed by atoms with E-state index in [0.29, 0.717) is 47.1 Å². The van der Waals surface area contributed by atoms with Crippen LogP contribution < -0.4 is 16.6 Å². The van der Waals surface area contributed by atoms with Gasteiger partial charge in [-0.2, -0.15) is 0 Å². The van der Waals surface area contributed by atoms with Gasteiger partial charge in [-0.05, 0) is 60.7 Å². The number of nitrogens with one attached hydrogen (secondary N) is 1. The molecule has 8 nitrogen and oxygen atoms in total. The van der Waals surface area contributed by atoms with Crippen molar-refractivity contribution in [3.63, 3.8) is 0 Å². The standard InChI is InChI=1S/C33H33ClN6O2/c1-20-7-4-5-9-24(20)25-12-11-23(34)16-26(25)27-17-31(41)40(19-38-27)30-10-6-8-21(2)33(42)39-29(18-35)32(36-3)22-13-14-37-28(30)15-22/h4-5,7,9,11-19,21,30H,6,8,10,35H2,1-3H3,(H,39,42). The first kappa shape index (κ1) is 29.0. The van der Waals surface area contributed by atoms with Gasteiger partial charge in [0, 0.05) is 47.6 Å². The molecule has 3 N–H and O–H groups in total. The normalized spacial score (nSPS) is 19.7. The number of hydrogen-bond donors (Lipinski definition) is 2. The predicted octanol–water partition coefficient (Wildman–Crippen LogP) is 5.68. The summed E-state index contributed by atoms with van der Waals surface area (Å²) in [5.74, 6) is -0.391. The lowest BCUT2D eigenvalue weighted by Crippen LogP contribution is -2.33. The second-order valence-corrected chi connectivity index (χ2v) is 10.9. The number of allylic oxidation sites excluding steroid dienone is 1. The van der Waals surface area contributed by atoms with E-state index in [4.69, 9.17) is 22.3 Å². The fourth-order valence-electron chi connectivity index (χ4n) is 5.43. The van der Waals surface area contributed by atoms with Gasteiger partial charge in [-0.25, -0.2) is 4.98 Å². The first-order valence-electron chi connectivity index (χ1n) is 13.9. The van der Waals surface area contributed by atoms with Crippen LogP contribution in [0.1, 0.15) is 49.0 Å². The number of halogens is 1. The molecule has 0 radical (unpaired) electrons. The lowest BCUT2D eigenvalue weighted by Gasteiger charge is -2.23. The number of aryl methyl sites for hydroxylation is 1. The van der Waals surface area contributed by atoms with Crippen LogP contribution in [0.25, 0.3) is 22.4 Å². The number of aliphatic imine (C=N–C) groups is 1. The highest BCUT2D eigenvalue weighted by Gasteiger charge is 2.24. The van der Waals surface area contributed by atoms with Gasteiger partial charge in [0.05, 0.1) is 35.2 Å². The number of benzene rings is 2. The molecule has 0 aliphatic carbocycles. The molecule has 1 aliphatic rings. The molecule has 2 bridgehead atoms. The molecule has 1 amide bonds. The molecule has 2 atom stereocenters. The van der Waals surface area contributed by atoms with Crippen molar-refractivity contribution in [3.05, 3.63) is 117 Å². The maximum Gasteiger partial charge on any atom is 0.254 e. The summed E-state index contributed by atoms with van der Waals surface area (Å²) in [6.07, 6.45) is 6.54. The molecule has 9 heteroatoms. The van der Waals surface area contributed by atoms with Crippen LogP contribution in [-0.4, -0.2) is 33.2 Å². The number of hydrogen-bond acceptors (Lipinski definition) is 6. The highest BCUT2D eigenvalue weighted by molar-refractivity contribution is 6.31. The summed E-state index contributed by atoms with van der Waals surface area (Å²) in [5, 5.41) is 3.47. The number of carbonyl (C=O) groups is 1. The van der Waals surface area contributed by atoms with Crippen LogP contribution in [0.3, 0.4) is 0 Å². The molecule has 214 valence electrons. The van der Waals surface area contributed by atoms with Gasteiger partial charge >= 0.3 is 0 Å². The Morgan fingerprint density at radius 1 is 1.02 bits per heavy atom. The zero-order valence-corrected chi connectivity index (χ0v) is 24.6. The Balaban J connectivity index is 1.60. The molecule has 0 saturated carbocycles. The highest BCUT2D eigenvalue weighted by Crippen LogP contribution is 2.35. The summed E-state index contributed by atoms with van der Waals surface area (Å²) < 4.78 is 1.62. The molecule has 3 heterocycles. The second kappa shape index (κ2) is 12.5. The van der Waals surface area contributed by atoms with Crippen LogP contribution in [0.4, 0.5) is 0 Å². The average molecular weight is 581 g/mol. The van der Waals surface area contributed by atoms with Crippen LogP contribution >= 0.6 is 11.6 Å². The van der Waals surface area contributed by atoms with Crippen molar-refractivity contribution in [1.82, 2.24) is 19.9 Å². The SMILES string of the molecule is CN=C1C(=CN)NC(=O)C(C)CCCC(n2cnc(-c3cc(Cl)ccc3-c3ccccc3C)cc2=O)c2cc1ccn2. The van der Waals surface area contributed by atoms with Crippen molar-refractivity contribution in [3.8, 4) is 22.4 Å². The molecule has 2 aromatic carbocycles. The predicted molar refractivity (Wildman–Crippen MR) is 167 cm³/mol. The van der Waals surface area contributed by atoms with Crippen LogP contribution in [0.15, 0.2) is 94.9 Å². The Morgan fingerprint density at radius 3 is 2.57 bits per heavy atom. The first-order chi connectivity index (χ1) is 20.3. The van der Waals surface area contributed by atoms with Gasteiger partial charge < -0.3 is 11.1 Å². The van der Waals surface area contributed by atoms with Gasteiger partial charge in [0.25, 0.3) is 5.56 Å². The molecule has 0 saturated heterocycles. The van der Waals surface area contributed by atoms with E-state index < -0.39 is 6.04 Å². The van der Waals surface area contributed by atoms with Crippen LogP contribution in [0, 0.1) is 12.8 Å². The van der Waals surface area contributed by atoms with Gasteiger partial charge in [0.15, 0.2) is 0 Å². The van der Waals surface area contributed by atoms with E-state index >= 15 is 0 Å². The minimum atomic E-state index is -0.396. The third-order valence-electron chi connectivity index (χ3n) is 7.73. The maximum atomic E-state index is 13.8. The Kier molecular flexibility index (Phi) is 8.64. The number of rotatable bonds is 3. The fraction of sp³-hybridized carbons (Fsp3) is 0.242. The van der Waals surface area contributed by atoms with Crippen molar-refractivity contribution >= 4 is 23.2 Å². The summed E-state index contributed by atoms with van der Waals surface area (Å²) >= 11 is 6.41. The molecule has 42 heavy (non-hydrogen) atoms. The number of amides is 1. The van der Waals surface area contributed by atoms with E-state index in [0.717, 1.165) is 27.8 Å². The third-order valence-corrected chi connectivity index (χ3v) is 7.96. The molecule has 4 aromatic rings. The zero-order valence-electron chi connectivity index (χ0n) is 23.8. The molecule has 2 unspecified atom stereocenters. The van der Waals surface area contributed by atoms with Crippen LogP contribution in [0.2, 0.25) is 5.02 Å². The highest BCUT2D eigenvalue weighted by atomic mass is 35.5. The lowest BCUT2D eigenvalue weighted by atomic mass is 9.94. The van der Waals surface area contributed by atoms with E-state index in [1.54, 1.807) is 30.2 Å². The third kappa shape index (κ3) is 5.90. The Bertz CT molecular complexity index is 1760. The summed E-state index contributed by atoms with van der Waals surface area (Å²) in [7, 11) is 1.64. The summed E-state index contributed by atoms with van der Waals surface area (Å²) in [6.45, 7) is 3.93. The first-order valence-corrected chi connectivity index (χ1v) is 14.3. The monoisotopic (exact) mass is 580 g/mol. The van der Waals surface area contributed by atoms with Crippen molar-refractivity contribution in [1.29, 1.82) is 0 Å². The maximum absolute atomic E-state index is 13.8. The van der Waals surface area contributed by atoms with Gasteiger partial charge in [-0.3, -0.25) is 24.1 Å². The van der Waals surface area contributed by atoms with E-state index in [9.17, 15) is 9.59 Å². The second-order valence-electron chi connectivity index (χ2n) is 10.5. The van der Waals surface area contributed by atoms with Crippen molar-refractivity contribution < 1.29 is 4.79 Å². The average Bonchev–Trinajstić information content (AvgIpc) is 2.99. The van der Waals surface area contributed by atoms with Crippen LogP contribution in [-0.2, 0) is 4.79 Å². The van der Waals surface area contributed by atoms with Gasteiger partial charge in [-0.1, -0.05) is 55.3 Å². The molecule has 5 rings (SSSR count).